The molecule has 0 bridgehead atoms. The number of terminal acetylenes is 1. The molecule has 0 spiro atoms. The van der Waals surface area contributed by atoms with Crippen molar-refractivity contribution in [3.63, 3.8) is 0 Å². The zero-order chi connectivity index (χ0) is 9.80. The third-order valence-electron chi connectivity index (χ3n) is 3.11. The first kappa shape index (κ1) is 9.27. The number of hydrogen-bond acceptors (Lipinski definition) is 1. The van der Waals surface area contributed by atoms with E-state index in [0.717, 1.165) is 12.3 Å². The summed E-state index contributed by atoms with van der Waals surface area (Å²) in [6, 6.07) is 4.08. The third kappa shape index (κ3) is 1.96. The SMILES string of the molecule is C#CC(Cc1cccnc1)C1CCC1. The lowest BCUT2D eigenvalue weighted by Crippen LogP contribution is -2.22. The predicted molar refractivity (Wildman–Crippen MR) is 57.6 cm³/mol. The van der Waals surface area contributed by atoms with Crippen LogP contribution in [0.1, 0.15) is 24.8 Å². The molecule has 1 saturated carbocycles. The Morgan fingerprint density at radius 2 is 2.43 bits per heavy atom. The lowest BCUT2D eigenvalue weighted by atomic mass is 9.74. The summed E-state index contributed by atoms with van der Waals surface area (Å²) in [5, 5.41) is 0. The molecule has 1 unspecified atom stereocenters. The highest BCUT2D eigenvalue weighted by Gasteiger charge is 2.25. The van der Waals surface area contributed by atoms with Gasteiger partial charge in [-0.1, -0.05) is 12.5 Å². The molecule has 1 fully saturated rings. The van der Waals surface area contributed by atoms with Crippen LogP contribution in [0.4, 0.5) is 0 Å². The Hall–Kier alpha value is -1.29. The van der Waals surface area contributed by atoms with Crippen molar-refractivity contribution >= 4 is 0 Å². The summed E-state index contributed by atoms with van der Waals surface area (Å²) in [6.45, 7) is 0. The highest BCUT2D eigenvalue weighted by Crippen LogP contribution is 2.34. The van der Waals surface area contributed by atoms with Crippen LogP contribution in [-0.4, -0.2) is 4.98 Å². The van der Waals surface area contributed by atoms with Crippen LogP contribution in [0.3, 0.4) is 0 Å². The fourth-order valence-electron chi connectivity index (χ4n) is 1.98. The van der Waals surface area contributed by atoms with E-state index < -0.39 is 0 Å². The molecule has 1 heteroatoms. The van der Waals surface area contributed by atoms with Gasteiger partial charge in [0.2, 0.25) is 0 Å². The minimum atomic E-state index is 0.424. The van der Waals surface area contributed by atoms with Crippen molar-refractivity contribution in [3.8, 4) is 12.3 Å². The van der Waals surface area contributed by atoms with Crippen LogP contribution < -0.4 is 0 Å². The van der Waals surface area contributed by atoms with E-state index in [1.165, 1.54) is 24.8 Å². The Morgan fingerprint density at radius 1 is 1.57 bits per heavy atom. The van der Waals surface area contributed by atoms with Gasteiger partial charge in [-0.15, -0.1) is 12.3 Å². The molecule has 1 heterocycles. The Bertz CT molecular complexity index is 319. The second-order valence-electron chi connectivity index (χ2n) is 4.03. The summed E-state index contributed by atoms with van der Waals surface area (Å²) in [7, 11) is 0. The highest BCUT2D eigenvalue weighted by atomic mass is 14.6. The maximum absolute atomic E-state index is 5.56. The summed E-state index contributed by atoms with van der Waals surface area (Å²) in [5.74, 6) is 4.11. The molecule has 0 radical (unpaired) electrons. The molecule has 1 aliphatic carbocycles. The zero-order valence-corrected chi connectivity index (χ0v) is 8.32. The fourth-order valence-corrected chi connectivity index (χ4v) is 1.98. The largest absolute Gasteiger partial charge is 0.264 e. The first-order valence-electron chi connectivity index (χ1n) is 5.25. The average molecular weight is 185 g/mol. The van der Waals surface area contributed by atoms with Crippen molar-refractivity contribution in [3.05, 3.63) is 30.1 Å². The number of rotatable bonds is 3. The molecule has 1 aromatic heterocycles. The first-order chi connectivity index (χ1) is 6.90. The summed E-state index contributed by atoms with van der Waals surface area (Å²) >= 11 is 0. The van der Waals surface area contributed by atoms with Crippen molar-refractivity contribution in [1.29, 1.82) is 0 Å². The molecule has 0 saturated heterocycles. The van der Waals surface area contributed by atoms with E-state index in [1.807, 2.05) is 12.3 Å². The molecular formula is C13H15N. The molecule has 2 rings (SSSR count). The lowest BCUT2D eigenvalue weighted by molar-refractivity contribution is 0.247. The van der Waals surface area contributed by atoms with Crippen molar-refractivity contribution < 1.29 is 0 Å². The van der Waals surface area contributed by atoms with Gasteiger partial charge in [-0.25, -0.2) is 0 Å². The van der Waals surface area contributed by atoms with E-state index in [1.54, 1.807) is 6.20 Å². The topological polar surface area (TPSA) is 12.9 Å². The summed E-state index contributed by atoms with van der Waals surface area (Å²) in [4.78, 5) is 4.11. The summed E-state index contributed by atoms with van der Waals surface area (Å²) in [6.07, 6.45) is 14.3. The molecule has 1 aromatic rings. The second-order valence-corrected chi connectivity index (χ2v) is 4.03. The predicted octanol–water partition coefficient (Wildman–Crippen LogP) is 2.67. The Kier molecular flexibility index (Phi) is 2.84. The van der Waals surface area contributed by atoms with Gasteiger partial charge in [-0.05, 0) is 36.8 Å². The molecule has 72 valence electrons. The first-order valence-corrected chi connectivity index (χ1v) is 5.25. The molecular weight excluding hydrogens is 170 g/mol. The Morgan fingerprint density at radius 3 is 2.93 bits per heavy atom. The van der Waals surface area contributed by atoms with Crippen LogP contribution in [0.15, 0.2) is 24.5 Å². The monoisotopic (exact) mass is 185 g/mol. The van der Waals surface area contributed by atoms with Gasteiger partial charge in [-0.3, -0.25) is 4.98 Å². The van der Waals surface area contributed by atoms with Crippen LogP contribution in [0, 0.1) is 24.2 Å². The summed E-state index contributed by atoms with van der Waals surface area (Å²) in [5.41, 5.74) is 1.27. The van der Waals surface area contributed by atoms with Crippen LogP contribution in [0.5, 0.6) is 0 Å². The van der Waals surface area contributed by atoms with Gasteiger partial charge in [0.1, 0.15) is 0 Å². The zero-order valence-electron chi connectivity index (χ0n) is 8.32. The molecule has 0 amide bonds. The van der Waals surface area contributed by atoms with E-state index in [4.69, 9.17) is 6.42 Å². The van der Waals surface area contributed by atoms with E-state index in [9.17, 15) is 0 Å². The molecule has 0 aliphatic heterocycles. The minimum absolute atomic E-state index is 0.424. The quantitative estimate of drug-likeness (QED) is 0.660. The lowest BCUT2D eigenvalue weighted by Gasteiger charge is -2.30. The summed E-state index contributed by atoms with van der Waals surface area (Å²) < 4.78 is 0. The van der Waals surface area contributed by atoms with Gasteiger partial charge in [0, 0.05) is 18.3 Å². The van der Waals surface area contributed by atoms with Crippen LogP contribution in [0.2, 0.25) is 0 Å². The van der Waals surface area contributed by atoms with Gasteiger partial charge in [0.15, 0.2) is 0 Å². The van der Waals surface area contributed by atoms with Gasteiger partial charge >= 0.3 is 0 Å². The van der Waals surface area contributed by atoms with E-state index in [0.29, 0.717) is 5.92 Å². The van der Waals surface area contributed by atoms with Crippen molar-refractivity contribution in [1.82, 2.24) is 4.98 Å². The van der Waals surface area contributed by atoms with Crippen molar-refractivity contribution in [2.24, 2.45) is 11.8 Å². The maximum Gasteiger partial charge on any atom is 0.0300 e. The number of pyridine rings is 1. The molecule has 1 aliphatic rings. The third-order valence-corrected chi connectivity index (χ3v) is 3.11. The average Bonchev–Trinajstić information content (AvgIpc) is 2.15. The molecule has 1 nitrogen and oxygen atoms in total. The van der Waals surface area contributed by atoms with Crippen LogP contribution in [-0.2, 0) is 6.42 Å². The van der Waals surface area contributed by atoms with Gasteiger partial charge in [0.25, 0.3) is 0 Å². The standard InChI is InChI=1S/C13H15N/c1-2-12(13-6-3-7-13)9-11-5-4-8-14-10-11/h1,4-5,8,10,12-13H,3,6-7,9H2. The molecule has 0 aromatic carbocycles. The second kappa shape index (κ2) is 4.28. The normalized spacial score (nSPS) is 18.2. The van der Waals surface area contributed by atoms with Crippen molar-refractivity contribution in [2.75, 3.05) is 0 Å². The number of nitrogens with zero attached hydrogens (tertiary/aromatic N) is 1. The number of aromatic nitrogens is 1. The van der Waals surface area contributed by atoms with Gasteiger partial charge in [0.05, 0.1) is 0 Å². The van der Waals surface area contributed by atoms with Gasteiger partial charge in [-0.2, -0.15) is 0 Å². The van der Waals surface area contributed by atoms with E-state index in [2.05, 4.69) is 17.0 Å². The molecule has 0 N–H and O–H groups in total. The van der Waals surface area contributed by atoms with Crippen LogP contribution in [0.25, 0.3) is 0 Å². The molecule has 14 heavy (non-hydrogen) atoms. The molecule has 1 atom stereocenters. The Balaban J connectivity index is 1.98. The van der Waals surface area contributed by atoms with E-state index >= 15 is 0 Å². The van der Waals surface area contributed by atoms with Crippen molar-refractivity contribution in [2.45, 2.75) is 25.7 Å². The fraction of sp³-hybridized carbons (Fsp3) is 0.462. The van der Waals surface area contributed by atoms with Gasteiger partial charge < -0.3 is 0 Å². The highest BCUT2D eigenvalue weighted by molar-refractivity contribution is 5.13. The number of hydrogen-bond donors (Lipinski definition) is 0. The van der Waals surface area contributed by atoms with Crippen LogP contribution >= 0.6 is 0 Å². The minimum Gasteiger partial charge on any atom is -0.264 e. The Labute approximate surface area is 85.6 Å². The maximum atomic E-state index is 5.56. The van der Waals surface area contributed by atoms with E-state index in [-0.39, 0.29) is 0 Å². The smallest absolute Gasteiger partial charge is 0.0300 e.